The van der Waals surface area contributed by atoms with Crippen LogP contribution in [-0.2, 0) is 19.2 Å². The van der Waals surface area contributed by atoms with Crippen LogP contribution >= 0.6 is 0 Å². The Morgan fingerprint density at radius 2 is 1.87 bits per heavy atom. The maximum atomic E-state index is 14.0. The number of aromatic nitrogens is 4. The van der Waals surface area contributed by atoms with Crippen molar-refractivity contribution in [3.63, 3.8) is 0 Å². The van der Waals surface area contributed by atoms with Gasteiger partial charge in [0.15, 0.2) is 5.82 Å². The van der Waals surface area contributed by atoms with Gasteiger partial charge in [-0.05, 0) is 70.5 Å². The third-order valence-corrected chi connectivity index (χ3v) is 7.51. The first-order valence-corrected chi connectivity index (χ1v) is 13.1. The Morgan fingerprint density at radius 1 is 1.08 bits per heavy atom. The predicted octanol–water partition coefficient (Wildman–Crippen LogP) is 4.30. The highest BCUT2D eigenvalue weighted by Crippen LogP contribution is 2.33. The minimum absolute atomic E-state index is 0.0518. The molecule has 3 aromatic heterocycles. The molecule has 1 aliphatic heterocycles. The molecule has 0 spiro atoms. The van der Waals surface area contributed by atoms with E-state index in [1.54, 1.807) is 20.0 Å². The van der Waals surface area contributed by atoms with Crippen LogP contribution in [0.1, 0.15) is 55.1 Å². The van der Waals surface area contributed by atoms with Crippen molar-refractivity contribution in [1.82, 2.24) is 29.3 Å². The Kier molecular flexibility index (Phi) is 6.79. The predicted molar refractivity (Wildman–Crippen MR) is 149 cm³/mol. The van der Waals surface area contributed by atoms with Crippen LogP contribution in [0.2, 0.25) is 0 Å². The van der Waals surface area contributed by atoms with Crippen molar-refractivity contribution in [2.24, 2.45) is 7.05 Å². The van der Waals surface area contributed by atoms with Gasteiger partial charge in [0.05, 0.1) is 11.4 Å². The van der Waals surface area contributed by atoms with E-state index in [0.29, 0.717) is 17.9 Å². The molecule has 198 valence electrons. The summed E-state index contributed by atoms with van der Waals surface area (Å²) in [7, 11) is 2.00. The van der Waals surface area contributed by atoms with Crippen LogP contribution in [0.25, 0.3) is 22.2 Å². The van der Waals surface area contributed by atoms with Gasteiger partial charge in [0.25, 0.3) is 5.91 Å². The molecule has 0 aliphatic carbocycles. The summed E-state index contributed by atoms with van der Waals surface area (Å²) in [5.41, 5.74) is 4.20. The van der Waals surface area contributed by atoms with Crippen LogP contribution in [0, 0.1) is 6.92 Å². The Bertz CT molecular complexity index is 1470. The summed E-state index contributed by atoms with van der Waals surface area (Å²) in [6.07, 6.45) is 5.52. The van der Waals surface area contributed by atoms with Gasteiger partial charge >= 0.3 is 0 Å². The average Bonchev–Trinajstić information content (AvgIpc) is 3.20. The highest BCUT2D eigenvalue weighted by molar-refractivity contribution is 6.04. The third-order valence-electron chi connectivity index (χ3n) is 7.51. The van der Waals surface area contributed by atoms with Crippen LogP contribution in [0.4, 0.5) is 0 Å². The maximum absolute atomic E-state index is 14.0. The zero-order valence-corrected chi connectivity index (χ0v) is 23.0. The number of aryl methyl sites for hydroxylation is 2. The molecule has 1 amide bonds. The standard InChI is InChI=1S/C30H36N6O2/c1-19-13-27-24(25(18-34(27)6)26-10-12-32-29(33-26)30(4,5)38)14-23(19)28(37)36-16-20(2)35(15-21(36)3)17-22-9-7-8-11-31-22/h7-14,18,20-21,38H,15-17H2,1-6H3. The lowest BCUT2D eigenvalue weighted by atomic mass is 9.99. The Labute approximate surface area is 224 Å². The van der Waals surface area contributed by atoms with E-state index in [-0.39, 0.29) is 18.0 Å². The van der Waals surface area contributed by atoms with Crippen molar-refractivity contribution in [3.8, 4) is 11.3 Å². The van der Waals surface area contributed by atoms with Crippen molar-refractivity contribution >= 4 is 16.8 Å². The molecule has 4 aromatic rings. The highest BCUT2D eigenvalue weighted by atomic mass is 16.3. The Hall–Kier alpha value is -3.62. The monoisotopic (exact) mass is 512 g/mol. The van der Waals surface area contributed by atoms with Crippen LogP contribution in [0.5, 0.6) is 0 Å². The van der Waals surface area contributed by atoms with E-state index in [9.17, 15) is 9.90 Å². The fourth-order valence-corrected chi connectivity index (χ4v) is 5.33. The molecule has 2 unspecified atom stereocenters. The summed E-state index contributed by atoms with van der Waals surface area (Å²) in [4.78, 5) is 31.7. The molecule has 1 fully saturated rings. The number of amides is 1. The molecule has 4 heterocycles. The molecule has 2 atom stereocenters. The fraction of sp³-hybridized carbons (Fsp3) is 0.400. The number of nitrogens with zero attached hydrogens (tertiary/aromatic N) is 6. The number of benzene rings is 1. The van der Waals surface area contributed by atoms with E-state index in [4.69, 9.17) is 0 Å². The Morgan fingerprint density at radius 3 is 2.58 bits per heavy atom. The summed E-state index contributed by atoms with van der Waals surface area (Å²) < 4.78 is 2.05. The van der Waals surface area contributed by atoms with Crippen molar-refractivity contribution in [3.05, 3.63) is 77.6 Å². The zero-order valence-electron chi connectivity index (χ0n) is 23.0. The number of aliphatic hydroxyl groups is 1. The number of hydrogen-bond acceptors (Lipinski definition) is 6. The Balaban J connectivity index is 1.46. The second-order valence-corrected chi connectivity index (χ2v) is 11.1. The smallest absolute Gasteiger partial charge is 0.254 e. The lowest BCUT2D eigenvalue weighted by molar-refractivity contribution is 0.0286. The van der Waals surface area contributed by atoms with E-state index in [1.807, 2.05) is 61.6 Å². The van der Waals surface area contributed by atoms with Crippen molar-refractivity contribution in [2.75, 3.05) is 13.1 Å². The SMILES string of the molecule is Cc1cc2c(cc1C(=O)N1CC(C)N(Cc3ccccn3)CC1C)c(-c1ccnc(C(C)(C)O)n1)cn2C. The third kappa shape index (κ3) is 4.93. The highest BCUT2D eigenvalue weighted by Gasteiger charge is 2.33. The molecule has 0 saturated carbocycles. The number of pyridine rings is 1. The quantitative estimate of drug-likeness (QED) is 0.429. The molecule has 1 aliphatic rings. The summed E-state index contributed by atoms with van der Waals surface area (Å²) in [6.45, 7) is 11.9. The van der Waals surface area contributed by atoms with E-state index < -0.39 is 5.60 Å². The van der Waals surface area contributed by atoms with E-state index in [1.165, 1.54) is 0 Å². The summed E-state index contributed by atoms with van der Waals surface area (Å²) in [5, 5.41) is 11.4. The van der Waals surface area contributed by atoms with Gasteiger partial charge in [-0.3, -0.25) is 14.7 Å². The second kappa shape index (κ2) is 9.93. The van der Waals surface area contributed by atoms with E-state index >= 15 is 0 Å². The molecule has 1 saturated heterocycles. The van der Waals surface area contributed by atoms with Crippen LogP contribution in [0.3, 0.4) is 0 Å². The molecule has 8 nitrogen and oxygen atoms in total. The van der Waals surface area contributed by atoms with E-state index in [2.05, 4.69) is 44.3 Å². The number of carbonyl (C=O) groups excluding carboxylic acids is 1. The first kappa shape index (κ1) is 26.0. The lowest BCUT2D eigenvalue weighted by Gasteiger charge is -2.44. The van der Waals surface area contributed by atoms with Crippen molar-refractivity contribution < 1.29 is 9.90 Å². The minimum Gasteiger partial charge on any atom is -0.382 e. The minimum atomic E-state index is -1.15. The average molecular weight is 513 g/mol. The molecular formula is C30H36N6O2. The largest absolute Gasteiger partial charge is 0.382 e. The maximum Gasteiger partial charge on any atom is 0.254 e. The summed E-state index contributed by atoms with van der Waals surface area (Å²) >= 11 is 0. The van der Waals surface area contributed by atoms with Gasteiger partial charge in [0, 0.05) is 79.4 Å². The number of rotatable bonds is 5. The van der Waals surface area contributed by atoms with E-state index in [0.717, 1.165) is 46.5 Å². The number of fused-ring (bicyclic) bond motifs is 1. The van der Waals surface area contributed by atoms with Crippen molar-refractivity contribution in [1.29, 1.82) is 0 Å². The lowest BCUT2D eigenvalue weighted by Crippen LogP contribution is -2.57. The molecule has 8 heteroatoms. The number of carbonyl (C=O) groups is 1. The number of piperazine rings is 1. The topological polar surface area (TPSA) is 87.4 Å². The molecule has 1 aromatic carbocycles. The van der Waals surface area contributed by atoms with Gasteiger partial charge in [-0.1, -0.05) is 6.07 Å². The molecule has 0 bridgehead atoms. The molecule has 5 rings (SSSR count). The molecule has 1 N–H and O–H groups in total. The van der Waals surface area contributed by atoms with Gasteiger partial charge < -0.3 is 14.6 Å². The van der Waals surface area contributed by atoms with Gasteiger partial charge in [-0.25, -0.2) is 9.97 Å². The molecule has 0 radical (unpaired) electrons. The fourth-order valence-electron chi connectivity index (χ4n) is 5.33. The van der Waals surface area contributed by atoms with Crippen LogP contribution < -0.4 is 0 Å². The summed E-state index contributed by atoms with van der Waals surface area (Å²) in [6, 6.07) is 12.2. The second-order valence-electron chi connectivity index (χ2n) is 11.1. The van der Waals surface area contributed by atoms with Gasteiger partial charge in [0.1, 0.15) is 5.60 Å². The van der Waals surface area contributed by atoms with Crippen LogP contribution in [-0.4, -0.2) is 65.5 Å². The van der Waals surface area contributed by atoms with Gasteiger partial charge in [-0.15, -0.1) is 0 Å². The normalized spacial score (nSPS) is 18.8. The first-order chi connectivity index (χ1) is 18.0. The zero-order chi connectivity index (χ0) is 27.2. The molecular weight excluding hydrogens is 476 g/mol. The summed E-state index contributed by atoms with van der Waals surface area (Å²) in [5.74, 6) is 0.415. The van der Waals surface area contributed by atoms with Gasteiger partial charge in [0.2, 0.25) is 0 Å². The molecule has 38 heavy (non-hydrogen) atoms. The first-order valence-electron chi connectivity index (χ1n) is 13.1. The van der Waals surface area contributed by atoms with Gasteiger partial charge in [-0.2, -0.15) is 0 Å². The number of hydrogen-bond donors (Lipinski definition) is 1. The van der Waals surface area contributed by atoms with Crippen molar-refractivity contribution in [2.45, 2.75) is 58.8 Å². The van der Waals surface area contributed by atoms with Crippen LogP contribution in [0.15, 0.2) is 55.0 Å².